The standard InChI is InChI=1S/C15H10Cl3NO3/c16-9-2-1-3-11(6-9)19-14(20)8-22-15(21)12-5-4-10(17)7-13(12)18/h1-7H,8H2,(H,19,20). The van der Waals surface area contributed by atoms with Crippen molar-refractivity contribution in [1.82, 2.24) is 0 Å². The van der Waals surface area contributed by atoms with Crippen LogP contribution in [-0.2, 0) is 9.53 Å². The largest absolute Gasteiger partial charge is 0.452 e. The Morgan fingerprint density at radius 2 is 1.73 bits per heavy atom. The molecule has 0 fully saturated rings. The van der Waals surface area contributed by atoms with E-state index in [1.54, 1.807) is 24.3 Å². The molecule has 0 spiro atoms. The van der Waals surface area contributed by atoms with Gasteiger partial charge in [-0.15, -0.1) is 0 Å². The summed E-state index contributed by atoms with van der Waals surface area (Å²) >= 11 is 17.4. The van der Waals surface area contributed by atoms with Crippen molar-refractivity contribution in [3.8, 4) is 0 Å². The van der Waals surface area contributed by atoms with E-state index in [1.165, 1.54) is 18.2 Å². The number of halogens is 3. The van der Waals surface area contributed by atoms with Gasteiger partial charge in [0.15, 0.2) is 6.61 Å². The van der Waals surface area contributed by atoms with Crippen molar-refractivity contribution in [3.05, 3.63) is 63.1 Å². The second-order valence-electron chi connectivity index (χ2n) is 4.26. The molecule has 0 aromatic heterocycles. The van der Waals surface area contributed by atoms with E-state index in [0.717, 1.165) is 0 Å². The topological polar surface area (TPSA) is 55.4 Å². The van der Waals surface area contributed by atoms with E-state index >= 15 is 0 Å². The summed E-state index contributed by atoms with van der Waals surface area (Å²) in [5.41, 5.74) is 0.652. The molecule has 0 heterocycles. The summed E-state index contributed by atoms with van der Waals surface area (Å²) in [6, 6.07) is 11.0. The number of anilines is 1. The Kier molecular flexibility index (Phi) is 5.66. The first-order valence-electron chi connectivity index (χ1n) is 6.13. The summed E-state index contributed by atoms with van der Waals surface area (Å²) < 4.78 is 4.90. The van der Waals surface area contributed by atoms with Gasteiger partial charge in [-0.1, -0.05) is 40.9 Å². The van der Waals surface area contributed by atoms with Gasteiger partial charge in [0, 0.05) is 15.7 Å². The van der Waals surface area contributed by atoms with Gasteiger partial charge >= 0.3 is 5.97 Å². The number of ether oxygens (including phenoxy) is 1. The van der Waals surface area contributed by atoms with Gasteiger partial charge in [0.05, 0.1) is 10.6 Å². The lowest BCUT2D eigenvalue weighted by Crippen LogP contribution is -2.21. The number of rotatable bonds is 4. The van der Waals surface area contributed by atoms with E-state index in [0.29, 0.717) is 15.7 Å². The highest BCUT2D eigenvalue weighted by Gasteiger charge is 2.14. The van der Waals surface area contributed by atoms with Gasteiger partial charge < -0.3 is 10.1 Å². The molecule has 2 rings (SSSR count). The summed E-state index contributed by atoms with van der Waals surface area (Å²) in [4.78, 5) is 23.5. The molecular formula is C15H10Cl3NO3. The molecule has 0 radical (unpaired) electrons. The van der Waals surface area contributed by atoms with Crippen LogP contribution >= 0.6 is 34.8 Å². The van der Waals surface area contributed by atoms with Crippen LogP contribution in [0.4, 0.5) is 5.69 Å². The van der Waals surface area contributed by atoms with E-state index in [-0.39, 0.29) is 10.6 Å². The Hall–Kier alpha value is -1.75. The van der Waals surface area contributed by atoms with Crippen molar-refractivity contribution >= 4 is 52.4 Å². The molecule has 0 saturated heterocycles. The van der Waals surface area contributed by atoms with Crippen LogP contribution in [0.5, 0.6) is 0 Å². The third-order valence-electron chi connectivity index (χ3n) is 2.59. The van der Waals surface area contributed by atoms with Crippen molar-refractivity contribution in [2.45, 2.75) is 0 Å². The first-order valence-corrected chi connectivity index (χ1v) is 7.26. The van der Waals surface area contributed by atoms with E-state index in [1.807, 2.05) is 0 Å². The van der Waals surface area contributed by atoms with Crippen LogP contribution in [0.3, 0.4) is 0 Å². The minimum atomic E-state index is -0.706. The van der Waals surface area contributed by atoms with Crippen LogP contribution in [-0.4, -0.2) is 18.5 Å². The smallest absolute Gasteiger partial charge is 0.340 e. The van der Waals surface area contributed by atoms with Gasteiger partial charge in [-0.05, 0) is 36.4 Å². The normalized spacial score (nSPS) is 10.1. The van der Waals surface area contributed by atoms with Gasteiger partial charge in [-0.25, -0.2) is 4.79 Å². The van der Waals surface area contributed by atoms with Gasteiger partial charge in [0.2, 0.25) is 0 Å². The second kappa shape index (κ2) is 7.49. The summed E-state index contributed by atoms with van der Waals surface area (Å²) in [5, 5.41) is 3.61. The van der Waals surface area contributed by atoms with Crippen LogP contribution in [0.15, 0.2) is 42.5 Å². The number of amides is 1. The summed E-state index contributed by atoms with van der Waals surface area (Å²) in [6.07, 6.45) is 0. The molecule has 0 atom stereocenters. The monoisotopic (exact) mass is 357 g/mol. The summed E-state index contributed by atoms with van der Waals surface area (Å²) in [6.45, 7) is -0.440. The van der Waals surface area contributed by atoms with Gasteiger partial charge in [0.25, 0.3) is 5.91 Å². The molecule has 2 aromatic rings. The fraction of sp³-hybridized carbons (Fsp3) is 0.0667. The molecule has 22 heavy (non-hydrogen) atoms. The average Bonchev–Trinajstić information content (AvgIpc) is 2.45. The molecule has 2 aromatic carbocycles. The van der Waals surface area contributed by atoms with Crippen molar-refractivity contribution in [1.29, 1.82) is 0 Å². The van der Waals surface area contributed by atoms with Gasteiger partial charge in [0.1, 0.15) is 0 Å². The Morgan fingerprint density at radius 3 is 2.41 bits per heavy atom. The molecule has 0 aliphatic heterocycles. The van der Waals surface area contributed by atoms with Crippen LogP contribution in [0.1, 0.15) is 10.4 Å². The number of carbonyl (C=O) groups is 2. The minimum absolute atomic E-state index is 0.140. The number of hydrogen-bond acceptors (Lipinski definition) is 3. The molecule has 0 aliphatic carbocycles. The number of carbonyl (C=O) groups excluding carboxylic acids is 2. The fourth-order valence-electron chi connectivity index (χ4n) is 1.63. The zero-order valence-electron chi connectivity index (χ0n) is 11.1. The van der Waals surface area contributed by atoms with Crippen LogP contribution in [0, 0.1) is 0 Å². The van der Waals surface area contributed by atoms with Gasteiger partial charge in [-0.3, -0.25) is 4.79 Å². The minimum Gasteiger partial charge on any atom is -0.452 e. The highest BCUT2D eigenvalue weighted by molar-refractivity contribution is 6.36. The molecule has 0 saturated carbocycles. The zero-order valence-corrected chi connectivity index (χ0v) is 13.4. The molecule has 0 bridgehead atoms. The molecule has 0 aliphatic rings. The Labute approximate surface area is 141 Å². The lowest BCUT2D eigenvalue weighted by molar-refractivity contribution is -0.119. The van der Waals surface area contributed by atoms with Crippen molar-refractivity contribution < 1.29 is 14.3 Å². The number of nitrogens with one attached hydrogen (secondary N) is 1. The third kappa shape index (κ3) is 4.63. The molecular weight excluding hydrogens is 349 g/mol. The van der Waals surface area contributed by atoms with Crippen molar-refractivity contribution in [2.24, 2.45) is 0 Å². The van der Waals surface area contributed by atoms with E-state index in [4.69, 9.17) is 39.5 Å². The maximum Gasteiger partial charge on any atom is 0.340 e. The third-order valence-corrected chi connectivity index (χ3v) is 3.38. The van der Waals surface area contributed by atoms with E-state index < -0.39 is 18.5 Å². The predicted octanol–water partition coefficient (Wildman–Crippen LogP) is 4.44. The molecule has 1 amide bonds. The van der Waals surface area contributed by atoms with Crippen LogP contribution in [0.25, 0.3) is 0 Å². The summed E-state index contributed by atoms with van der Waals surface area (Å²) in [7, 11) is 0. The molecule has 0 unspecified atom stereocenters. The average molecular weight is 359 g/mol. The molecule has 114 valence electrons. The lowest BCUT2D eigenvalue weighted by atomic mass is 10.2. The first-order chi connectivity index (χ1) is 10.5. The Balaban J connectivity index is 1.92. The Bertz CT molecular complexity index is 719. The number of esters is 1. The highest BCUT2D eigenvalue weighted by atomic mass is 35.5. The second-order valence-corrected chi connectivity index (χ2v) is 5.54. The fourth-order valence-corrected chi connectivity index (χ4v) is 2.30. The Morgan fingerprint density at radius 1 is 1.00 bits per heavy atom. The number of benzene rings is 2. The zero-order chi connectivity index (χ0) is 16.1. The van der Waals surface area contributed by atoms with Crippen molar-refractivity contribution in [2.75, 3.05) is 11.9 Å². The maximum absolute atomic E-state index is 11.8. The molecule has 1 N–H and O–H groups in total. The maximum atomic E-state index is 11.8. The predicted molar refractivity (Wildman–Crippen MR) is 86.8 cm³/mol. The quantitative estimate of drug-likeness (QED) is 0.822. The molecule has 4 nitrogen and oxygen atoms in total. The van der Waals surface area contributed by atoms with Crippen molar-refractivity contribution in [3.63, 3.8) is 0 Å². The van der Waals surface area contributed by atoms with Crippen LogP contribution in [0.2, 0.25) is 15.1 Å². The lowest BCUT2D eigenvalue weighted by Gasteiger charge is -2.08. The summed E-state index contributed by atoms with van der Waals surface area (Å²) in [5.74, 6) is -1.19. The number of hydrogen-bond donors (Lipinski definition) is 1. The highest BCUT2D eigenvalue weighted by Crippen LogP contribution is 2.21. The van der Waals surface area contributed by atoms with Crippen LogP contribution < -0.4 is 5.32 Å². The van der Waals surface area contributed by atoms with Gasteiger partial charge in [-0.2, -0.15) is 0 Å². The molecule has 7 heteroatoms. The van der Waals surface area contributed by atoms with E-state index in [2.05, 4.69) is 5.32 Å². The SMILES string of the molecule is O=C(COC(=O)c1ccc(Cl)cc1Cl)Nc1cccc(Cl)c1. The van der Waals surface area contributed by atoms with E-state index in [9.17, 15) is 9.59 Å². The first kappa shape index (κ1) is 16.6.